The number of carbonyl (C=O) groups excluding carboxylic acids is 2. The molecule has 1 saturated heterocycles. The second-order valence-corrected chi connectivity index (χ2v) is 10.7. The molecule has 176 valence electrons. The summed E-state index contributed by atoms with van der Waals surface area (Å²) in [6, 6.07) is 10.8. The van der Waals surface area contributed by atoms with Gasteiger partial charge in [-0.15, -0.1) is 0 Å². The fraction of sp³-hybridized carbons (Fsp3) is 0.417. The van der Waals surface area contributed by atoms with Gasteiger partial charge in [-0.1, -0.05) is 17.7 Å². The number of piperidine rings is 1. The largest absolute Gasteiger partial charge is 0.479 e. The predicted octanol–water partition coefficient (Wildman–Crippen LogP) is 3.09. The van der Waals surface area contributed by atoms with Crippen LogP contribution in [0.1, 0.15) is 30.9 Å². The fourth-order valence-corrected chi connectivity index (χ4v) is 6.04. The lowest BCUT2D eigenvalue weighted by Crippen LogP contribution is -2.46. The van der Waals surface area contributed by atoms with Crippen LogP contribution in [0.15, 0.2) is 41.3 Å². The summed E-state index contributed by atoms with van der Waals surface area (Å²) in [5, 5.41) is 2.74. The fourth-order valence-electron chi connectivity index (χ4n) is 4.29. The lowest BCUT2D eigenvalue weighted by atomic mass is 9.98. The first-order chi connectivity index (χ1) is 15.6. The van der Waals surface area contributed by atoms with Crippen molar-refractivity contribution in [2.45, 2.75) is 44.6 Å². The number of nitrogens with zero attached hydrogens (tertiary/aromatic N) is 2. The van der Waals surface area contributed by atoms with E-state index in [0.717, 1.165) is 11.3 Å². The summed E-state index contributed by atoms with van der Waals surface area (Å²) in [7, 11) is -2.13. The van der Waals surface area contributed by atoms with Crippen molar-refractivity contribution in [2.75, 3.05) is 30.4 Å². The van der Waals surface area contributed by atoms with Crippen LogP contribution in [0.3, 0.4) is 0 Å². The van der Waals surface area contributed by atoms with E-state index in [4.69, 9.17) is 4.74 Å². The van der Waals surface area contributed by atoms with E-state index >= 15 is 0 Å². The van der Waals surface area contributed by atoms with Gasteiger partial charge in [-0.05, 0) is 57.4 Å². The predicted molar refractivity (Wildman–Crippen MR) is 126 cm³/mol. The Morgan fingerprint density at radius 2 is 1.88 bits per heavy atom. The van der Waals surface area contributed by atoms with E-state index in [0.29, 0.717) is 36.4 Å². The summed E-state index contributed by atoms with van der Waals surface area (Å²) in [6.07, 6.45) is 0.534. The lowest BCUT2D eigenvalue weighted by molar-refractivity contribution is -0.123. The normalized spacial score (nSPS) is 21.0. The van der Waals surface area contributed by atoms with Gasteiger partial charge >= 0.3 is 0 Å². The van der Waals surface area contributed by atoms with Gasteiger partial charge < -0.3 is 15.0 Å². The Bertz CT molecular complexity index is 1190. The molecule has 0 bridgehead atoms. The van der Waals surface area contributed by atoms with Crippen LogP contribution in [0, 0.1) is 19.8 Å². The minimum absolute atomic E-state index is 0.0965. The maximum Gasteiger partial charge on any atom is 0.265 e. The van der Waals surface area contributed by atoms with Crippen molar-refractivity contribution in [3.05, 3.63) is 47.5 Å². The highest BCUT2D eigenvalue weighted by Gasteiger charge is 2.36. The standard InChI is InChI=1S/C24H29N3O5S/c1-15-7-9-19(10-8-15)26(4)24(29)18-6-5-11-27(14-18)33(30,31)22-13-21-20(12-16(22)2)25-23(28)17(3)32-21/h7-10,12-13,17-18H,5-6,11,14H2,1-4H3,(H,25,28). The first-order valence-electron chi connectivity index (χ1n) is 11.0. The zero-order valence-electron chi connectivity index (χ0n) is 19.3. The monoisotopic (exact) mass is 471 g/mol. The molecule has 0 spiro atoms. The molecule has 4 rings (SSSR count). The number of nitrogens with one attached hydrogen (secondary N) is 1. The van der Waals surface area contributed by atoms with Crippen LogP contribution in [0.4, 0.5) is 11.4 Å². The van der Waals surface area contributed by atoms with Gasteiger partial charge in [-0.25, -0.2) is 8.42 Å². The van der Waals surface area contributed by atoms with Crippen molar-refractivity contribution in [3.63, 3.8) is 0 Å². The molecule has 0 saturated carbocycles. The number of carbonyl (C=O) groups is 2. The number of hydrogen-bond acceptors (Lipinski definition) is 5. The summed E-state index contributed by atoms with van der Waals surface area (Å²) < 4.78 is 34.1. The third-order valence-electron chi connectivity index (χ3n) is 6.31. The molecular weight excluding hydrogens is 442 g/mol. The molecule has 2 heterocycles. The van der Waals surface area contributed by atoms with Crippen LogP contribution in [-0.4, -0.2) is 50.8 Å². The van der Waals surface area contributed by atoms with Crippen LogP contribution in [-0.2, 0) is 19.6 Å². The summed E-state index contributed by atoms with van der Waals surface area (Å²) in [4.78, 5) is 26.8. The first-order valence-corrected chi connectivity index (χ1v) is 12.5. The summed E-state index contributed by atoms with van der Waals surface area (Å²) in [5.74, 6) is -0.461. The molecule has 0 aromatic heterocycles. The van der Waals surface area contributed by atoms with Crippen LogP contribution in [0.25, 0.3) is 0 Å². The number of rotatable bonds is 4. The second kappa shape index (κ2) is 8.79. The molecule has 0 aliphatic carbocycles. The topological polar surface area (TPSA) is 96.0 Å². The zero-order valence-corrected chi connectivity index (χ0v) is 20.1. The Morgan fingerprint density at radius 3 is 2.58 bits per heavy atom. The van der Waals surface area contributed by atoms with E-state index in [9.17, 15) is 18.0 Å². The van der Waals surface area contributed by atoms with Crippen LogP contribution < -0.4 is 15.0 Å². The number of hydrogen-bond donors (Lipinski definition) is 1. The summed E-state index contributed by atoms with van der Waals surface area (Å²) >= 11 is 0. The van der Waals surface area contributed by atoms with Gasteiger partial charge in [-0.3, -0.25) is 9.59 Å². The Labute approximate surface area is 194 Å². The van der Waals surface area contributed by atoms with Gasteiger partial charge in [0.25, 0.3) is 5.91 Å². The van der Waals surface area contributed by atoms with E-state index in [2.05, 4.69) is 5.32 Å². The molecule has 2 aromatic rings. The zero-order chi connectivity index (χ0) is 23.9. The van der Waals surface area contributed by atoms with Crippen molar-refractivity contribution < 1.29 is 22.7 Å². The highest BCUT2D eigenvalue weighted by molar-refractivity contribution is 7.89. The highest BCUT2D eigenvalue weighted by Crippen LogP contribution is 2.36. The molecule has 33 heavy (non-hydrogen) atoms. The van der Waals surface area contributed by atoms with Gasteiger partial charge in [0, 0.05) is 31.9 Å². The van der Waals surface area contributed by atoms with E-state index in [-0.39, 0.29) is 23.3 Å². The number of amides is 2. The van der Waals surface area contributed by atoms with Crippen molar-refractivity contribution in [3.8, 4) is 5.75 Å². The number of anilines is 2. The molecular formula is C24H29N3O5S. The maximum absolute atomic E-state index is 13.5. The quantitative estimate of drug-likeness (QED) is 0.739. The van der Waals surface area contributed by atoms with E-state index in [1.165, 1.54) is 10.4 Å². The van der Waals surface area contributed by atoms with Gasteiger partial charge in [-0.2, -0.15) is 4.31 Å². The Kier molecular flexibility index (Phi) is 6.20. The second-order valence-electron chi connectivity index (χ2n) is 8.80. The Balaban J connectivity index is 1.56. The average molecular weight is 472 g/mol. The van der Waals surface area contributed by atoms with Crippen LogP contribution >= 0.6 is 0 Å². The molecule has 9 heteroatoms. The van der Waals surface area contributed by atoms with Crippen molar-refractivity contribution in [1.29, 1.82) is 0 Å². The van der Waals surface area contributed by atoms with E-state index in [1.54, 1.807) is 31.9 Å². The minimum Gasteiger partial charge on any atom is -0.479 e. The minimum atomic E-state index is -3.85. The number of benzene rings is 2. The number of sulfonamides is 1. The Hall–Kier alpha value is -2.91. The third kappa shape index (κ3) is 4.47. The van der Waals surface area contributed by atoms with Crippen molar-refractivity contribution >= 4 is 33.2 Å². The van der Waals surface area contributed by atoms with Gasteiger partial charge in [0.15, 0.2) is 6.10 Å². The molecule has 2 atom stereocenters. The first kappa shape index (κ1) is 23.3. The van der Waals surface area contributed by atoms with Crippen LogP contribution in [0.5, 0.6) is 5.75 Å². The van der Waals surface area contributed by atoms with E-state index < -0.39 is 22.0 Å². The molecule has 2 aromatic carbocycles. The molecule has 2 unspecified atom stereocenters. The lowest BCUT2D eigenvalue weighted by Gasteiger charge is -2.34. The molecule has 2 aliphatic rings. The molecule has 1 fully saturated rings. The number of ether oxygens (including phenoxy) is 1. The van der Waals surface area contributed by atoms with Crippen molar-refractivity contribution in [1.82, 2.24) is 4.31 Å². The number of aryl methyl sites for hydroxylation is 2. The number of fused-ring (bicyclic) bond motifs is 1. The molecule has 1 N–H and O–H groups in total. The molecule has 8 nitrogen and oxygen atoms in total. The van der Waals surface area contributed by atoms with Crippen LogP contribution in [0.2, 0.25) is 0 Å². The van der Waals surface area contributed by atoms with Gasteiger partial charge in [0.2, 0.25) is 15.9 Å². The third-order valence-corrected chi connectivity index (χ3v) is 8.32. The SMILES string of the molecule is Cc1ccc(N(C)C(=O)C2CCCN(S(=O)(=O)c3cc4c(cc3C)NC(=O)C(C)O4)C2)cc1. The highest BCUT2D eigenvalue weighted by atomic mass is 32.2. The van der Waals surface area contributed by atoms with E-state index in [1.807, 2.05) is 31.2 Å². The smallest absolute Gasteiger partial charge is 0.265 e. The molecule has 0 radical (unpaired) electrons. The molecule has 2 amide bonds. The summed E-state index contributed by atoms with van der Waals surface area (Å²) in [5.41, 5.74) is 2.86. The summed E-state index contributed by atoms with van der Waals surface area (Å²) in [6.45, 7) is 5.76. The van der Waals surface area contributed by atoms with Gasteiger partial charge in [0.1, 0.15) is 5.75 Å². The Morgan fingerprint density at radius 1 is 1.18 bits per heavy atom. The molecule has 2 aliphatic heterocycles. The average Bonchev–Trinajstić information content (AvgIpc) is 2.79. The van der Waals surface area contributed by atoms with Crippen molar-refractivity contribution in [2.24, 2.45) is 5.92 Å². The maximum atomic E-state index is 13.5. The van der Waals surface area contributed by atoms with Gasteiger partial charge in [0.05, 0.1) is 16.5 Å².